The zero-order chi connectivity index (χ0) is 20.1. The summed E-state index contributed by atoms with van der Waals surface area (Å²) in [5, 5.41) is 5.90. The summed E-state index contributed by atoms with van der Waals surface area (Å²) in [5.41, 5.74) is 4.81. The van der Waals surface area contributed by atoms with Gasteiger partial charge in [0.1, 0.15) is 11.3 Å². The molecule has 0 fully saturated rings. The van der Waals surface area contributed by atoms with Gasteiger partial charge in [-0.05, 0) is 31.2 Å². The van der Waals surface area contributed by atoms with Gasteiger partial charge in [0.05, 0.1) is 24.1 Å². The first-order chi connectivity index (χ1) is 13.5. The SMILES string of the molecule is COc1cccc2c(SCC(=O)NN=Cc3ccc(Cl)cc3Cl)cc(C)nc12. The third kappa shape index (κ3) is 4.95. The Labute approximate surface area is 177 Å². The van der Waals surface area contributed by atoms with Crippen LogP contribution in [0.3, 0.4) is 0 Å². The molecule has 144 valence electrons. The van der Waals surface area contributed by atoms with Gasteiger partial charge in [0.25, 0.3) is 0 Å². The van der Waals surface area contributed by atoms with Crippen molar-refractivity contribution in [1.82, 2.24) is 10.4 Å². The number of fused-ring (bicyclic) bond motifs is 1. The molecular formula is C20H17Cl2N3O2S. The number of nitrogens with one attached hydrogen (secondary N) is 1. The second kappa shape index (κ2) is 9.28. The van der Waals surface area contributed by atoms with Crippen molar-refractivity contribution in [3.05, 3.63) is 63.8 Å². The molecule has 8 heteroatoms. The number of hydrogen-bond acceptors (Lipinski definition) is 5. The minimum absolute atomic E-state index is 0.210. The second-order valence-electron chi connectivity index (χ2n) is 5.87. The maximum Gasteiger partial charge on any atom is 0.250 e. The van der Waals surface area contributed by atoms with Crippen molar-refractivity contribution in [2.45, 2.75) is 11.8 Å². The lowest BCUT2D eigenvalue weighted by Gasteiger charge is -2.10. The average molecular weight is 434 g/mol. The topological polar surface area (TPSA) is 63.6 Å². The molecule has 3 rings (SSSR count). The van der Waals surface area contributed by atoms with Gasteiger partial charge < -0.3 is 4.74 Å². The number of hydrazone groups is 1. The number of hydrogen-bond donors (Lipinski definition) is 1. The Morgan fingerprint density at radius 1 is 1.29 bits per heavy atom. The van der Waals surface area contributed by atoms with Crippen molar-refractivity contribution in [1.29, 1.82) is 0 Å². The van der Waals surface area contributed by atoms with Gasteiger partial charge in [-0.2, -0.15) is 5.10 Å². The Balaban J connectivity index is 1.67. The average Bonchev–Trinajstić information content (AvgIpc) is 2.67. The summed E-state index contributed by atoms with van der Waals surface area (Å²) in [6, 6.07) is 12.7. The van der Waals surface area contributed by atoms with Crippen LogP contribution in [0.4, 0.5) is 0 Å². The van der Waals surface area contributed by atoms with Gasteiger partial charge in [0.15, 0.2) is 0 Å². The largest absolute Gasteiger partial charge is 0.494 e. The number of methoxy groups -OCH3 is 1. The highest BCUT2D eigenvalue weighted by atomic mass is 35.5. The van der Waals surface area contributed by atoms with Crippen LogP contribution in [0, 0.1) is 6.92 Å². The lowest BCUT2D eigenvalue weighted by Crippen LogP contribution is -2.19. The molecule has 3 aromatic rings. The predicted octanol–water partition coefficient (Wildman–Crippen LogP) is 5.10. The van der Waals surface area contributed by atoms with Crippen LogP contribution >= 0.6 is 35.0 Å². The number of rotatable bonds is 6. The third-order valence-corrected chi connectivity index (χ3v) is 5.44. The quantitative estimate of drug-likeness (QED) is 0.333. The van der Waals surface area contributed by atoms with Gasteiger partial charge in [-0.15, -0.1) is 11.8 Å². The number of pyridine rings is 1. The molecule has 0 aliphatic rings. The molecule has 0 radical (unpaired) electrons. The lowest BCUT2D eigenvalue weighted by atomic mass is 10.2. The maximum atomic E-state index is 12.1. The first-order valence-corrected chi connectivity index (χ1v) is 10.1. The van der Waals surface area contributed by atoms with Gasteiger partial charge in [-0.1, -0.05) is 41.4 Å². The van der Waals surface area contributed by atoms with Crippen LogP contribution in [0.25, 0.3) is 10.9 Å². The fraction of sp³-hybridized carbons (Fsp3) is 0.150. The number of para-hydroxylation sites is 1. The molecule has 28 heavy (non-hydrogen) atoms. The molecule has 1 heterocycles. The number of ether oxygens (including phenoxy) is 1. The van der Waals surface area contributed by atoms with Crippen LogP contribution in [0.15, 0.2) is 52.5 Å². The van der Waals surface area contributed by atoms with E-state index in [1.165, 1.54) is 18.0 Å². The normalized spacial score (nSPS) is 11.1. The standard InChI is InChI=1S/C20H17Cl2N3O2S/c1-12-8-18(15-4-3-5-17(27-2)20(15)24-12)28-11-19(26)25-23-10-13-6-7-14(21)9-16(13)22/h3-10H,11H2,1-2H3,(H,25,26). The van der Waals surface area contributed by atoms with E-state index in [4.69, 9.17) is 27.9 Å². The lowest BCUT2D eigenvalue weighted by molar-refractivity contribution is -0.118. The van der Waals surface area contributed by atoms with E-state index < -0.39 is 0 Å². The summed E-state index contributed by atoms with van der Waals surface area (Å²) in [7, 11) is 1.62. The van der Waals surface area contributed by atoms with E-state index in [1.807, 2.05) is 31.2 Å². The molecule has 0 spiro atoms. The number of thioether (sulfide) groups is 1. The van der Waals surface area contributed by atoms with Crippen LogP contribution < -0.4 is 10.2 Å². The number of halogens is 2. The number of aromatic nitrogens is 1. The molecule has 0 saturated heterocycles. The minimum Gasteiger partial charge on any atom is -0.494 e. The van der Waals surface area contributed by atoms with Crippen molar-refractivity contribution >= 4 is 58.0 Å². The summed E-state index contributed by atoms with van der Waals surface area (Å²) in [4.78, 5) is 17.7. The molecule has 2 aromatic carbocycles. The highest BCUT2D eigenvalue weighted by Crippen LogP contribution is 2.32. The van der Waals surface area contributed by atoms with Crippen molar-refractivity contribution in [3.63, 3.8) is 0 Å². The van der Waals surface area contributed by atoms with Crippen LogP contribution in [0.5, 0.6) is 5.75 Å². The van der Waals surface area contributed by atoms with Gasteiger partial charge in [-0.25, -0.2) is 10.4 Å². The Morgan fingerprint density at radius 3 is 2.86 bits per heavy atom. The first kappa shape index (κ1) is 20.5. The second-order valence-corrected chi connectivity index (χ2v) is 7.73. The zero-order valence-electron chi connectivity index (χ0n) is 15.2. The Kier molecular flexibility index (Phi) is 6.78. The monoisotopic (exact) mass is 433 g/mol. The number of benzene rings is 2. The van der Waals surface area contributed by atoms with Gasteiger partial charge in [-0.3, -0.25) is 4.79 Å². The molecule has 1 N–H and O–H groups in total. The summed E-state index contributed by atoms with van der Waals surface area (Å²) >= 11 is 13.3. The highest BCUT2D eigenvalue weighted by molar-refractivity contribution is 8.00. The van der Waals surface area contributed by atoms with E-state index in [0.717, 1.165) is 21.5 Å². The van der Waals surface area contributed by atoms with E-state index in [9.17, 15) is 4.79 Å². The summed E-state index contributed by atoms with van der Waals surface area (Å²) in [5.74, 6) is 0.690. The Morgan fingerprint density at radius 2 is 2.11 bits per heavy atom. The fourth-order valence-corrected chi connectivity index (χ4v) is 3.93. The van der Waals surface area contributed by atoms with E-state index in [0.29, 0.717) is 21.4 Å². The fourth-order valence-electron chi connectivity index (χ4n) is 2.55. The maximum absolute atomic E-state index is 12.1. The number of carbonyl (C=O) groups is 1. The third-order valence-electron chi connectivity index (χ3n) is 3.83. The van der Waals surface area contributed by atoms with Gasteiger partial charge >= 0.3 is 0 Å². The van der Waals surface area contributed by atoms with Crippen molar-refractivity contribution < 1.29 is 9.53 Å². The molecule has 0 aliphatic carbocycles. The molecule has 0 saturated carbocycles. The van der Waals surface area contributed by atoms with Crippen LogP contribution in [-0.2, 0) is 4.79 Å². The molecule has 0 aliphatic heterocycles. The van der Waals surface area contributed by atoms with Crippen LogP contribution in [-0.4, -0.2) is 30.0 Å². The Bertz CT molecular complexity index is 1060. The smallest absolute Gasteiger partial charge is 0.250 e. The molecule has 0 unspecified atom stereocenters. The Hall–Kier alpha value is -2.28. The van der Waals surface area contributed by atoms with E-state index in [2.05, 4.69) is 15.5 Å². The van der Waals surface area contributed by atoms with Gasteiger partial charge in [0.2, 0.25) is 5.91 Å². The number of nitrogens with zero attached hydrogens (tertiary/aromatic N) is 2. The summed E-state index contributed by atoms with van der Waals surface area (Å²) in [6.07, 6.45) is 1.48. The van der Waals surface area contributed by atoms with Crippen molar-refractivity contribution in [3.8, 4) is 5.75 Å². The summed E-state index contributed by atoms with van der Waals surface area (Å²) in [6.45, 7) is 1.91. The molecule has 0 atom stereocenters. The number of carbonyl (C=O) groups excluding carboxylic acids is 1. The molecule has 1 aromatic heterocycles. The minimum atomic E-state index is -0.225. The molecule has 5 nitrogen and oxygen atoms in total. The van der Waals surface area contributed by atoms with Crippen molar-refractivity contribution in [2.75, 3.05) is 12.9 Å². The van der Waals surface area contributed by atoms with Crippen LogP contribution in [0.2, 0.25) is 10.0 Å². The first-order valence-electron chi connectivity index (χ1n) is 8.32. The summed E-state index contributed by atoms with van der Waals surface area (Å²) < 4.78 is 5.39. The molecular weight excluding hydrogens is 417 g/mol. The van der Waals surface area contributed by atoms with Gasteiger partial charge in [0, 0.05) is 26.6 Å². The van der Waals surface area contributed by atoms with E-state index in [1.54, 1.807) is 25.3 Å². The van der Waals surface area contributed by atoms with E-state index in [-0.39, 0.29) is 11.7 Å². The number of amides is 1. The zero-order valence-corrected chi connectivity index (χ0v) is 17.5. The molecule has 1 amide bonds. The van der Waals surface area contributed by atoms with Crippen LogP contribution in [0.1, 0.15) is 11.3 Å². The highest BCUT2D eigenvalue weighted by Gasteiger charge is 2.10. The number of aryl methyl sites for hydroxylation is 1. The van der Waals surface area contributed by atoms with Crippen molar-refractivity contribution in [2.24, 2.45) is 5.10 Å². The predicted molar refractivity (Wildman–Crippen MR) is 116 cm³/mol. The van der Waals surface area contributed by atoms with E-state index >= 15 is 0 Å². The molecule has 0 bridgehead atoms.